The second-order valence-electron chi connectivity index (χ2n) is 1.52. The Morgan fingerprint density at radius 1 is 1.50 bits per heavy atom. The summed E-state index contributed by atoms with van der Waals surface area (Å²) in [6, 6.07) is 1.31. The van der Waals surface area contributed by atoms with Crippen molar-refractivity contribution < 1.29 is 8.42 Å². The molecule has 0 aliphatic heterocycles. The van der Waals surface area contributed by atoms with Gasteiger partial charge in [0.1, 0.15) is 0 Å². The first kappa shape index (κ1) is 8.33. The molecule has 0 fully saturated rings. The fraction of sp³-hybridized carbons (Fsp3) is 0. The van der Waals surface area contributed by atoms with E-state index < -0.39 is 9.05 Å². The van der Waals surface area contributed by atoms with Crippen LogP contribution in [-0.4, -0.2) is 8.42 Å². The van der Waals surface area contributed by atoms with E-state index in [0.717, 1.165) is 11.3 Å². The van der Waals surface area contributed by atoms with Crippen molar-refractivity contribution in [3.05, 3.63) is 15.8 Å². The molecule has 0 radical (unpaired) electrons. The highest BCUT2D eigenvalue weighted by Gasteiger charge is 2.10. The molecule has 0 N–H and O–H groups in total. The van der Waals surface area contributed by atoms with Crippen molar-refractivity contribution in [1.29, 1.82) is 0 Å². The van der Waals surface area contributed by atoms with E-state index in [1.807, 2.05) is 0 Å². The number of hydrogen-bond acceptors (Lipinski definition) is 3. The largest absolute Gasteiger partial charge is 0.262 e. The fourth-order valence-corrected chi connectivity index (χ4v) is 2.63. The summed E-state index contributed by atoms with van der Waals surface area (Å²) >= 11 is 6.59. The molecule has 6 heteroatoms. The van der Waals surface area contributed by atoms with Crippen LogP contribution in [0, 0.1) is 0 Å². The van der Waals surface area contributed by atoms with Crippen molar-refractivity contribution in [3.8, 4) is 0 Å². The Kier molecular flexibility index (Phi) is 2.24. The summed E-state index contributed by atoms with van der Waals surface area (Å²) in [5.41, 5.74) is 0. The Hall–Kier alpha value is 0.230. The SMILES string of the molecule is O=S(=O)(Cl)c1csc(Cl)c1. The molecule has 0 aromatic carbocycles. The van der Waals surface area contributed by atoms with E-state index in [4.69, 9.17) is 22.3 Å². The van der Waals surface area contributed by atoms with Gasteiger partial charge in [-0.25, -0.2) is 8.42 Å². The van der Waals surface area contributed by atoms with Crippen LogP contribution >= 0.6 is 33.6 Å². The van der Waals surface area contributed by atoms with Crippen molar-refractivity contribution in [1.82, 2.24) is 0 Å². The van der Waals surface area contributed by atoms with E-state index in [2.05, 4.69) is 0 Å². The summed E-state index contributed by atoms with van der Waals surface area (Å²) in [6.07, 6.45) is 0. The normalized spacial score (nSPS) is 11.8. The van der Waals surface area contributed by atoms with Crippen LogP contribution in [-0.2, 0) is 9.05 Å². The highest BCUT2D eigenvalue weighted by molar-refractivity contribution is 8.13. The minimum absolute atomic E-state index is 0.0594. The van der Waals surface area contributed by atoms with E-state index in [1.54, 1.807) is 0 Å². The molecule has 0 atom stereocenters. The lowest BCUT2D eigenvalue weighted by molar-refractivity contribution is 0.610. The van der Waals surface area contributed by atoms with E-state index in [9.17, 15) is 8.42 Å². The highest BCUT2D eigenvalue weighted by atomic mass is 35.7. The van der Waals surface area contributed by atoms with Crippen LogP contribution in [0.5, 0.6) is 0 Å². The minimum atomic E-state index is -3.58. The van der Waals surface area contributed by atoms with Gasteiger partial charge in [0.15, 0.2) is 0 Å². The molecule has 0 saturated heterocycles. The monoisotopic (exact) mass is 216 g/mol. The molecule has 56 valence electrons. The molecule has 0 bridgehead atoms. The second kappa shape index (κ2) is 2.70. The van der Waals surface area contributed by atoms with E-state index in [1.165, 1.54) is 11.4 Å². The predicted molar refractivity (Wildman–Crippen MR) is 42.4 cm³/mol. The van der Waals surface area contributed by atoms with Crippen LogP contribution in [0.1, 0.15) is 0 Å². The van der Waals surface area contributed by atoms with Crippen LogP contribution in [0.25, 0.3) is 0 Å². The Labute approximate surface area is 71.8 Å². The van der Waals surface area contributed by atoms with Gasteiger partial charge in [-0.1, -0.05) is 11.6 Å². The van der Waals surface area contributed by atoms with Gasteiger partial charge in [0.25, 0.3) is 9.05 Å². The maximum atomic E-state index is 10.6. The summed E-state index contributed by atoms with van der Waals surface area (Å²) in [6.45, 7) is 0. The van der Waals surface area contributed by atoms with E-state index >= 15 is 0 Å². The van der Waals surface area contributed by atoms with Crippen molar-refractivity contribution in [3.63, 3.8) is 0 Å². The summed E-state index contributed by atoms with van der Waals surface area (Å²) in [5.74, 6) is 0. The lowest BCUT2D eigenvalue weighted by Gasteiger charge is -1.83. The van der Waals surface area contributed by atoms with Gasteiger partial charge in [-0.3, -0.25) is 0 Å². The molecule has 2 nitrogen and oxygen atoms in total. The predicted octanol–water partition coefficient (Wildman–Crippen LogP) is 2.33. The van der Waals surface area contributed by atoms with Crippen molar-refractivity contribution >= 4 is 42.7 Å². The standard InChI is InChI=1S/C4H2Cl2O2S2/c5-4-1-3(2-9-4)10(6,7)8/h1-2H. The maximum absolute atomic E-state index is 10.6. The highest BCUT2D eigenvalue weighted by Crippen LogP contribution is 2.25. The van der Waals surface area contributed by atoms with Crippen LogP contribution in [0.15, 0.2) is 16.3 Å². The van der Waals surface area contributed by atoms with Crippen molar-refractivity contribution in [2.75, 3.05) is 0 Å². The van der Waals surface area contributed by atoms with Crippen LogP contribution < -0.4 is 0 Å². The Bertz CT molecular complexity index is 327. The van der Waals surface area contributed by atoms with Crippen LogP contribution in [0.2, 0.25) is 4.34 Å². The number of thiophene rings is 1. The van der Waals surface area contributed by atoms with Gasteiger partial charge in [-0.05, 0) is 6.07 Å². The molecule has 1 heterocycles. The zero-order valence-corrected chi connectivity index (χ0v) is 7.69. The number of rotatable bonds is 1. The minimum Gasteiger partial charge on any atom is -0.207 e. The maximum Gasteiger partial charge on any atom is 0.262 e. The average molecular weight is 217 g/mol. The molecule has 0 amide bonds. The van der Waals surface area contributed by atoms with Gasteiger partial charge in [-0.2, -0.15) is 0 Å². The summed E-state index contributed by atoms with van der Waals surface area (Å²) in [7, 11) is 1.41. The quantitative estimate of drug-likeness (QED) is 0.676. The van der Waals surface area contributed by atoms with Crippen molar-refractivity contribution in [2.45, 2.75) is 4.90 Å². The molecular weight excluding hydrogens is 215 g/mol. The number of hydrogen-bond donors (Lipinski definition) is 0. The summed E-state index contributed by atoms with van der Waals surface area (Å²) < 4.78 is 21.5. The first-order chi connectivity index (χ1) is 4.50. The number of halogens is 2. The van der Waals surface area contributed by atoms with E-state index in [-0.39, 0.29) is 4.90 Å². The van der Waals surface area contributed by atoms with Gasteiger partial charge < -0.3 is 0 Å². The van der Waals surface area contributed by atoms with Crippen LogP contribution in [0.4, 0.5) is 0 Å². The third kappa shape index (κ3) is 1.85. The van der Waals surface area contributed by atoms with Gasteiger partial charge in [0, 0.05) is 16.1 Å². The first-order valence-corrected chi connectivity index (χ1v) is 5.75. The molecule has 1 aromatic rings. The van der Waals surface area contributed by atoms with Gasteiger partial charge >= 0.3 is 0 Å². The average Bonchev–Trinajstić information content (AvgIpc) is 2.11. The topological polar surface area (TPSA) is 34.1 Å². The molecule has 0 spiro atoms. The Balaban J connectivity index is 3.21. The molecular formula is C4H2Cl2O2S2. The zero-order chi connectivity index (χ0) is 7.78. The third-order valence-corrected chi connectivity index (χ3v) is 3.40. The fourth-order valence-electron chi connectivity index (χ4n) is 0.422. The van der Waals surface area contributed by atoms with Crippen LogP contribution in [0.3, 0.4) is 0 Å². The smallest absolute Gasteiger partial charge is 0.207 e. The lowest BCUT2D eigenvalue weighted by Crippen LogP contribution is -1.84. The molecule has 0 unspecified atom stereocenters. The molecule has 0 aliphatic rings. The lowest BCUT2D eigenvalue weighted by atomic mass is 10.7. The first-order valence-electron chi connectivity index (χ1n) is 2.19. The summed E-state index contributed by atoms with van der Waals surface area (Å²) in [4.78, 5) is 0.0594. The Morgan fingerprint density at radius 3 is 2.30 bits per heavy atom. The molecule has 0 saturated carbocycles. The molecule has 1 rings (SSSR count). The van der Waals surface area contributed by atoms with Gasteiger partial charge in [0.2, 0.25) is 0 Å². The Morgan fingerprint density at radius 2 is 2.10 bits per heavy atom. The zero-order valence-electron chi connectivity index (χ0n) is 4.54. The molecule has 1 aromatic heterocycles. The molecule has 10 heavy (non-hydrogen) atoms. The van der Waals surface area contributed by atoms with Gasteiger partial charge in [0.05, 0.1) is 9.23 Å². The summed E-state index contributed by atoms with van der Waals surface area (Å²) in [5, 5.41) is 1.39. The van der Waals surface area contributed by atoms with E-state index in [0.29, 0.717) is 4.34 Å². The second-order valence-corrected chi connectivity index (χ2v) is 5.63. The van der Waals surface area contributed by atoms with Gasteiger partial charge in [-0.15, -0.1) is 11.3 Å². The molecule has 0 aliphatic carbocycles. The third-order valence-electron chi connectivity index (χ3n) is 0.825. The van der Waals surface area contributed by atoms with Crippen molar-refractivity contribution in [2.24, 2.45) is 0 Å².